The summed E-state index contributed by atoms with van der Waals surface area (Å²) in [7, 11) is 0. The molecule has 0 unspecified atom stereocenters. The van der Waals surface area contributed by atoms with Crippen LogP contribution in [-0.4, -0.2) is 70.2 Å². The fourth-order valence-corrected chi connectivity index (χ4v) is 10.4. The summed E-state index contributed by atoms with van der Waals surface area (Å²) in [6.07, 6.45) is 5.24. The van der Waals surface area contributed by atoms with E-state index >= 15 is 0 Å². The molecule has 0 aliphatic rings. The van der Waals surface area contributed by atoms with Crippen LogP contribution in [0, 0.1) is 0 Å². The lowest BCUT2D eigenvalue weighted by Gasteiger charge is -2.29. The monoisotopic (exact) mass is 1140 g/mol. The van der Waals surface area contributed by atoms with Crippen molar-refractivity contribution in [2.75, 3.05) is 0 Å². The minimum atomic E-state index is -0.0350. The number of aromatic nitrogens is 14. The third-order valence-electron chi connectivity index (χ3n) is 14.9. The molecule has 0 atom stereocenters. The molecule has 0 aliphatic heterocycles. The van der Waals surface area contributed by atoms with Crippen LogP contribution in [0.15, 0.2) is 91.5 Å². The predicted molar refractivity (Wildman–Crippen MR) is 354 cm³/mol. The van der Waals surface area contributed by atoms with Crippen LogP contribution in [0.4, 0.5) is 0 Å². The minimum absolute atomic E-state index is 0.0104. The number of rotatable bonds is 0. The summed E-state index contributed by atoms with van der Waals surface area (Å²) in [4.78, 5) is 46.8. The molecule has 5 aromatic carbocycles. The van der Waals surface area contributed by atoms with Gasteiger partial charge in [-0.25, -0.2) is 44.9 Å². The van der Waals surface area contributed by atoms with Gasteiger partial charge in [0, 0.05) is 59.8 Å². The van der Waals surface area contributed by atoms with Gasteiger partial charge < -0.3 is 4.98 Å². The second-order valence-corrected chi connectivity index (χ2v) is 31.2. The number of imidazole rings is 1. The maximum atomic E-state index is 5.00. The number of hydrogen-bond donors (Lipinski definition) is 3. The molecule has 12 aromatic rings. The van der Waals surface area contributed by atoms with Crippen LogP contribution in [0.5, 0.6) is 0 Å². The van der Waals surface area contributed by atoms with E-state index in [1.165, 1.54) is 16.5 Å². The average Bonchev–Trinajstić information content (AvgIpc) is 1.58. The zero-order chi connectivity index (χ0) is 62.4. The molecule has 444 valence electrons. The second kappa shape index (κ2) is 21.6. The van der Waals surface area contributed by atoms with Crippen molar-refractivity contribution in [1.29, 1.82) is 0 Å². The van der Waals surface area contributed by atoms with E-state index in [0.29, 0.717) is 0 Å². The quantitative estimate of drug-likeness (QED) is 0.123. The molecular weight excluding hydrogens is 1050 g/mol. The summed E-state index contributed by atoms with van der Waals surface area (Å²) in [6.45, 7) is 52.7. The van der Waals surface area contributed by atoms with E-state index in [1.807, 2.05) is 36.7 Å². The number of nitrogens with one attached hydrogen (secondary N) is 3. The molecular formula is C71H90N14. The Kier molecular flexibility index (Phi) is 15.7. The van der Waals surface area contributed by atoms with Crippen LogP contribution in [-0.2, 0) is 43.3 Å². The van der Waals surface area contributed by atoms with E-state index in [1.54, 1.807) is 6.33 Å². The predicted octanol–water partition coefficient (Wildman–Crippen LogP) is 17.7. The standard InChI is InChI=1S/C20H24N2.3C17H22N4/c1-19(2,3)17-18(20(4,5)6)22-16-12-14-10-8-7-9-13(14)11-15(16)21-17;1-16(2,3)14-15(17(4,5)6)21-13-8-11-10(18-9-19-11)7-12(13)20-14;2*1-16(2,3)14-15(17(4,5)6)20-13-8-11-10(9-18-21-11)7-12(13)19-14/h7-12H,1-6H3;7-9,20H,1-6H3;2*7-9H,1-6H3,(H,18,21). The van der Waals surface area contributed by atoms with Crippen LogP contribution in [0.3, 0.4) is 0 Å². The van der Waals surface area contributed by atoms with E-state index < -0.39 is 0 Å². The van der Waals surface area contributed by atoms with Gasteiger partial charge in [-0.15, -0.1) is 0 Å². The number of H-pyrrole nitrogens is 3. The Morgan fingerprint density at radius 3 is 0.871 bits per heavy atom. The highest BCUT2D eigenvalue weighted by atomic mass is 15.1. The summed E-state index contributed by atoms with van der Waals surface area (Å²) in [5.74, 6) is 0. The summed E-state index contributed by atoms with van der Waals surface area (Å²) >= 11 is 0. The highest BCUT2D eigenvalue weighted by molar-refractivity contribution is 5.96. The molecule has 0 saturated heterocycles. The third-order valence-corrected chi connectivity index (χ3v) is 14.9. The Labute approximate surface area is 502 Å². The van der Waals surface area contributed by atoms with Gasteiger partial charge in [-0.2, -0.15) is 10.2 Å². The number of benzene rings is 5. The number of nitrogens with zero attached hydrogens (tertiary/aromatic N) is 11. The Morgan fingerprint density at radius 1 is 0.271 bits per heavy atom. The van der Waals surface area contributed by atoms with Gasteiger partial charge in [0.1, 0.15) is 6.33 Å². The van der Waals surface area contributed by atoms with E-state index in [-0.39, 0.29) is 43.3 Å². The van der Waals surface area contributed by atoms with E-state index in [0.717, 1.165) is 117 Å². The van der Waals surface area contributed by atoms with Gasteiger partial charge in [-0.1, -0.05) is 190 Å². The Morgan fingerprint density at radius 2 is 0.553 bits per heavy atom. The molecule has 3 N–H and O–H groups in total. The third kappa shape index (κ3) is 13.3. The van der Waals surface area contributed by atoms with Crippen LogP contribution in [0.1, 0.15) is 212 Å². The molecule has 14 nitrogen and oxygen atoms in total. The molecule has 14 heteroatoms. The van der Waals surface area contributed by atoms with Crippen molar-refractivity contribution in [3.8, 4) is 0 Å². The molecule has 0 aliphatic carbocycles. The maximum Gasteiger partial charge on any atom is 0.116 e. The number of fused-ring (bicyclic) bond motifs is 8. The molecule has 0 fully saturated rings. The Hall–Kier alpha value is -7.87. The lowest BCUT2D eigenvalue weighted by Crippen LogP contribution is -2.25. The van der Waals surface area contributed by atoms with Crippen molar-refractivity contribution < 1.29 is 0 Å². The second-order valence-electron chi connectivity index (χ2n) is 31.2. The molecule has 0 saturated carbocycles. The van der Waals surface area contributed by atoms with Gasteiger partial charge in [-0.05, 0) is 59.3 Å². The summed E-state index contributed by atoms with van der Waals surface area (Å²) in [5, 5.41) is 18.7. The van der Waals surface area contributed by atoms with Gasteiger partial charge in [0.25, 0.3) is 0 Å². The lowest BCUT2D eigenvalue weighted by atomic mass is 9.81. The zero-order valence-electron chi connectivity index (χ0n) is 55.1. The first kappa shape index (κ1) is 61.7. The minimum Gasteiger partial charge on any atom is -0.355 e. The molecule has 85 heavy (non-hydrogen) atoms. The lowest BCUT2D eigenvalue weighted by molar-refractivity contribution is 0.502. The summed E-state index contributed by atoms with van der Waals surface area (Å²) < 4.78 is 0. The van der Waals surface area contributed by atoms with E-state index in [2.05, 4.69) is 250 Å². The van der Waals surface area contributed by atoms with Gasteiger partial charge in [0.15, 0.2) is 0 Å². The van der Waals surface area contributed by atoms with Crippen LogP contribution in [0.2, 0.25) is 0 Å². The van der Waals surface area contributed by atoms with Gasteiger partial charge in [-0.3, -0.25) is 10.2 Å². The Bertz CT molecular complexity index is 3830. The first-order chi connectivity index (χ1) is 39.1. The molecule has 7 heterocycles. The van der Waals surface area contributed by atoms with E-state index in [4.69, 9.17) is 34.9 Å². The topological polar surface area (TPSA) is 189 Å². The first-order valence-corrected chi connectivity index (χ1v) is 29.8. The molecule has 7 aromatic heterocycles. The van der Waals surface area contributed by atoms with Gasteiger partial charge in [0.2, 0.25) is 0 Å². The van der Waals surface area contributed by atoms with Crippen molar-refractivity contribution in [1.82, 2.24) is 70.2 Å². The SMILES string of the molecule is CC(C)(C)c1nc2cc3ccccc3cc2nc1C(C)(C)C.CC(C)(C)c1nc2cc3cn[nH]c3cc2nc1C(C)(C)C.CC(C)(C)c1nc2cc3cn[nH]c3cc2nc1C(C)(C)C.CC(C)(C)c1nc2cc3ncnc3cc2[nH]c1C(C)(C)C. The fraction of sp³-hybridized carbons (Fsp3) is 0.451. The molecule has 0 spiro atoms. The molecule has 12 rings (SSSR count). The summed E-state index contributed by atoms with van der Waals surface area (Å²) in [5.41, 5.74) is 20.0. The van der Waals surface area contributed by atoms with Crippen molar-refractivity contribution in [3.05, 3.63) is 137 Å². The van der Waals surface area contributed by atoms with Gasteiger partial charge in [0.05, 0.1) is 118 Å². The van der Waals surface area contributed by atoms with Gasteiger partial charge >= 0.3 is 0 Å². The zero-order valence-corrected chi connectivity index (χ0v) is 55.1. The first-order valence-electron chi connectivity index (χ1n) is 29.8. The largest absolute Gasteiger partial charge is 0.355 e. The highest BCUT2D eigenvalue weighted by Gasteiger charge is 2.33. The fourth-order valence-electron chi connectivity index (χ4n) is 10.4. The van der Waals surface area contributed by atoms with Crippen LogP contribution < -0.4 is 0 Å². The molecule has 0 bridgehead atoms. The number of aromatic amines is 3. The van der Waals surface area contributed by atoms with Crippen molar-refractivity contribution in [2.24, 2.45) is 0 Å². The van der Waals surface area contributed by atoms with Crippen LogP contribution >= 0.6 is 0 Å². The average molecular weight is 1140 g/mol. The van der Waals surface area contributed by atoms with Crippen molar-refractivity contribution >= 4 is 87.7 Å². The highest BCUT2D eigenvalue weighted by Crippen LogP contribution is 2.38. The van der Waals surface area contributed by atoms with Crippen LogP contribution in [0.25, 0.3) is 87.7 Å². The van der Waals surface area contributed by atoms with Crippen molar-refractivity contribution in [3.63, 3.8) is 0 Å². The van der Waals surface area contributed by atoms with E-state index in [9.17, 15) is 0 Å². The molecule has 0 amide bonds. The summed E-state index contributed by atoms with van der Waals surface area (Å²) in [6, 6.07) is 24.9. The number of hydrogen-bond acceptors (Lipinski definition) is 11. The maximum absolute atomic E-state index is 5.00. The van der Waals surface area contributed by atoms with Crippen molar-refractivity contribution in [2.45, 2.75) is 209 Å². The molecule has 0 radical (unpaired) electrons. The normalized spacial score (nSPS) is 13.2. The smallest absolute Gasteiger partial charge is 0.116 e. The Balaban J connectivity index is 0.000000136.